The van der Waals surface area contributed by atoms with Crippen molar-refractivity contribution in [1.29, 1.82) is 0 Å². The standard InChI is InChI=1S/C11H14O3/c1-3-4-9-5-6-10(12)11(7-9)14-8-13-2/h3,5-7,12H,1,4,8H2,2H3. The van der Waals surface area contributed by atoms with E-state index in [0.29, 0.717) is 5.75 Å². The van der Waals surface area contributed by atoms with Crippen molar-refractivity contribution >= 4 is 0 Å². The Morgan fingerprint density at radius 3 is 2.93 bits per heavy atom. The molecule has 0 aliphatic heterocycles. The molecule has 1 aromatic carbocycles. The maximum Gasteiger partial charge on any atom is 0.188 e. The molecule has 0 bridgehead atoms. The second-order valence-electron chi connectivity index (χ2n) is 2.85. The normalized spacial score (nSPS) is 9.79. The summed E-state index contributed by atoms with van der Waals surface area (Å²) in [6.07, 6.45) is 2.55. The highest BCUT2D eigenvalue weighted by atomic mass is 16.7. The van der Waals surface area contributed by atoms with Gasteiger partial charge in [0.15, 0.2) is 18.3 Å². The monoisotopic (exact) mass is 194 g/mol. The van der Waals surface area contributed by atoms with Crippen molar-refractivity contribution in [3.05, 3.63) is 36.4 Å². The zero-order chi connectivity index (χ0) is 10.4. The van der Waals surface area contributed by atoms with Gasteiger partial charge < -0.3 is 14.6 Å². The minimum atomic E-state index is 0.120. The summed E-state index contributed by atoms with van der Waals surface area (Å²) >= 11 is 0. The Balaban J connectivity index is 2.78. The fraction of sp³-hybridized carbons (Fsp3) is 0.273. The highest BCUT2D eigenvalue weighted by Gasteiger charge is 2.02. The summed E-state index contributed by atoms with van der Waals surface area (Å²) in [5, 5.41) is 9.42. The molecular weight excluding hydrogens is 180 g/mol. The van der Waals surface area contributed by atoms with E-state index in [0.717, 1.165) is 12.0 Å². The van der Waals surface area contributed by atoms with Crippen LogP contribution in [0.1, 0.15) is 5.56 Å². The van der Waals surface area contributed by atoms with E-state index < -0.39 is 0 Å². The lowest BCUT2D eigenvalue weighted by Gasteiger charge is -2.07. The van der Waals surface area contributed by atoms with Crippen molar-refractivity contribution in [1.82, 2.24) is 0 Å². The lowest BCUT2D eigenvalue weighted by Crippen LogP contribution is -1.99. The van der Waals surface area contributed by atoms with E-state index in [1.807, 2.05) is 6.07 Å². The summed E-state index contributed by atoms with van der Waals surface area (Å²) in [6.45, 7) is 3.77. The SMILES string of the molecule is C=CCc1ccc(O)c(OCOC)c1. The van der Waals surface area contributed by atoms with Crippen LogP contribution in [0.25, 0.3) is 0 Å². The number of benzene rings is 1. The summed E-state index contributed by atoms with van der Waals surface area (Å²) < 4.78 is 9.91. The lowest BCUT2D eigenvalue weighted by molar-refractivity contribution is 0.0491. The molecule has 76 valence electrons. The maximum atomic E-state index is 9.42. The molecule has 0 atom stereocenters. The van der Waals surface area contributed by atoms with E-state index in [2.05, 4.69) is 6.58 Å². The zero-order valence-electron chi connectivity index (χ0n) is 8.19. The first kappa shape index (κ1) is 10.6. The Hall–Kier alpha value is -1.48. The van der Waals surface area contributed by atoms with Gasteiger partial charge in [0, 0.05) is 7.11 Å². The van der Waals surface area contributed by atoms with Crippen LogP contribution in [0.5, 0.6) is 11.5 Å². The van der Waals surface area contributed by atoms with E-state index in [1.165, 1.54) is 7.11 Å². The second kappa shape index (κ2) is 5.29. The van der Waals surface area contributed by atoms with Gasteiger partial charge in [-0.2, -0.15) is 0 Å². The van der Waals surface area contributed by atoms with Gasteiger partial charge in [0.25, 0.3) is 0 Å². The van der Waals surface area contributed by atoms with Gasteiger partial charge in [-0.15, -0.1) is 6.58 Å². The molecule has 3 nitrogen and oxygen atoms in total. The minimum absolute atomic E-state index is 0.120. The fourth-order valence-corrected chi connectivity index (χ4v) is 1.09. The van der Waals surface area contributed by atoms with Crippen LogP contribution in [0.3, 0.4) is 0 Å². The predicted octanol–water partition coefficient (Wildman–Crippen LogP) is 2.10. The van der Waals surface area contributed by atoms with Crippen molar-refractivity contribution in [3.63, 3.8) is 0 Å². The first-order valence-electron chi connectivity index (χ1n) is 4.32. The van der Waals surface area contributed by atoms with Gasteiger partial charge in [-0.05, 0) is 24.1 Å². The zero-order valence-corrected chi connectivity index (χ0v) is 8.19. The molecule has 14 heavy (non-hydrogen) atoms. The fourth-order valence-electron chi connectivity index (χ4n) is 1.09. The average Bonchev–Trinajstić information content (AvgIpc) is 2.19. The lowest BCUT2D eigenvalue weighted by atomic mass is 10.1. The number of phenolic OH excluding ortho intramolecular Hbond substituents is 1. The van der Waals surface area contributed by atoms with Crippen LogP contribution >= 0.6 is 0 Å². The van der Waals surface area contributed by atoms with E-state index >= 15 is 0 Å². The van der Waals surface area contributed by atoms with Gasteiger partial charge in [0.2, 0.25) is 0 Å². The molecule has 0 aliphatic carbocycles. The number of allylic oxidation sites excluding steroid dienone is 1. The molecule has 0 amide bonds. The molecule has 0 spiro atoms. The van der Waals surface area contributed by atoms with Crippen LogP contribution in [0, 0.1) is 0 Å². The molecule has 1 aromatic rings. The van der Waals surface area contributed by atoms with Crippen LogP contribution < -0.4 is 4.74 Å². The minimum Gasteiger partial charge on any atom is -0.504 e. The van der Waals surface area contributed by atoms with E-state index in [-0.39, 0.29) is 12.5 Å². The topological polar surface area (TPSA) is 38.7 Å². The number of aromatic hydroxyl groups is 1. The quantitative estimate of drug-likeness (QED) is 0.576. The summed E-state index contributed by atoms with van der Waals surface area (Å²) in [4.78, 5) is 0. The van der Waals surface area contributed by atoms with E-state index in [4.69, 9.17) is 9.47 Å². The number of hydrogen-bond acceptors (Lipinski definition) is 3. The number of ether oxygens (including phenoxy) is 2. The Kier molecular flexibility index (Phi) is 4.01. The van der Waals surface area contributed by atoms with Gasteiger partial charge in [-0.25, -0.2) is 0 Å². The van der Waals surface area contributed by atoms with Crippen molar-refractivity contribution in [2.75, 3.05) is 13.9 Å². The maximum absolute atomic E-state index is 9.42. The second-order valence-corrected chi connectivity index (χ2v) is 2.85. The van der Waals surface area contributed by atoms with Gasteiger partial charge in [0.05, 0.1) is 0 Å². The van der Waals surface area contributed by atoms with Gasteiger partial charge >= 0.3 is 0 Å². The Labute approximate surface area is 83.6 Å². The Morgan fingerprint density at radius 2 is 2.29 bits per heavy atom. The Bertz CT molecular complexity index is 307. The third-order valence-corrected chi connectivity index (χ3v) is 1.74. The smallest absolute Gasteiger partial charge is 0.188 e. The number of hydrogen-bond donors (Lipinski definition) is 1. The highest BCUT2D eigenvalue weighted by Crippen LogP contribution is 2.26. The molecule has 1 rings (SSSR count). The van der Waals surface area contributed by atoms with Crippen LogP contribution in [0.2, 0.25) is 0 Å². The molecule has 1 N–H and O–H groups in total. The highest BCUT2D eigenvalue weighted by molar-refractivity contribution is 5.42. The van der Waals surface area contributed by atoms with Crippen molar-refractivity contribution in [2.45, 2.75) is 6.42 Å². The van der Waals surface area contributed by atoms with Crippen molar-refractivity contribution < 1.29 is 14.6 Å². The first-order chi connectivity index (χ1) is 6.77. The van der Waals surface area contributed by atoms with Crippen LogP contribution in [-0.2, 0) is 11.2 Å². The van der Waals surface area contributed by atoms with Crippen LogP contribution in [-0.4, -0.2) is 19.0 Å². The molecular formula is C11H14O3. The molecule has 0 saturated heterocycles. The van der Waals surface area contributed by atoms with Gasteiger partial charge in [-0.3, -0.25) is 0 Å². The third-order valence-electron chi connectivity index (χ3n) is 1.74. The third kappa shape index (κ3) is 2.78. The summed E-state index contributed by atoms with van der Waals surface area (Å²) in [5.74, 6) is 0.557. The molecule has 0 saturated carbocycles. The van der Waals surface area contributed by atoms with Gasteiger partial charge in [-0.1, -0.05) is 12.1 Å². The number of phenols is 1. The predicted molar refractivity (Wildman–Crippen MR) is 54.5 cm³/mol. The van der Waals surface area contributed by atoms with E-state index in [9.17, 15) is 5.11 Å². The number of methoxy groups -OCH3 is 1. The molecule has 0 aliphatic rings. The van der Waals surface area contributed by atoms with Gasteiger partial charge in [0.1, 0.15) is 0 Å². The number of rotatable bonds is 5. The molecule has 0 unspecified atom stereocenters. The van der Waals surface area contributed by atoms with Crippen LogP contribution in [0.15, 0.2) is 30.9 Å². The average molecular weight is 194 g/mol. The molecule has 3 heteroatoms. The molecule has 0 aromatic heterocycles. The largest absolute Gasteiger partial charge is 0.504 e. The molecule has 0 fully saturated rings. The van der Waals surface area contributed by atoms with E-state index in [1.54, 1.807) is 18.2 Å². The van der Waals surface area contributed by atoms with Crippen molar-refractivity contribution in [3.8, 4) is 11.5 Å². The molecule has 0 heterocycles. The summed E-state index contributed by atoms with van der Waals surface area (Å²) in [7, 11) is 1.53. The summed E-state index contributed by atoms with van der Waals surface area (Å²) in [5.41, 5.74) is 1.05. The van der Waals surface area contributed by atoms with Crippen LogP contribution in [0.4, 0.5) is 0 Å². The Morgan fingerprint density at radius 1 is 1.50 bits per heavy atom. The first-order valence-corrected chi connectivity index (χ1v) is 4.32. The van der Waals surface area contributed by atoms with Crippen molar-refractivity contribution in [2.24, 2.45) is 0 Å². The molecule has 0 radical (unpaired) electrons. The summed E-state index contributed by atoms with van der Waals surface area (Å²) in [6, 6.07) is 5.20.